The summed E-state index contributed by atoms with van der Waals surface area (Å²) in [5, 5.41) is 4.11. The zero-order chi connectivity index (χ0) is 14.5. The Morgan fingerprint density at radius 1 is 1.25 bits per heavy atom. The number of carbonyl (C=O) groups is 1. The Hall–Kier alpha value is -1.55. The Balaban J connectivity index is 2.24. The molecule has 0 saturated carbocycles. The minimum absolute atomic E-state index is 0.110. The summed E-state index contributed by atoms with van der Waals surface area (Å²) in [5.41, 5.74) is 0.526. The highest BCUT2D eigenvalue weighted by Crippen LogP contribution is 2.21. The fraction of sp³-hybridized carbons (Fsp3) is 0.312. The van der Waals surface area contributed by atoms with E-state index in [9.17, 15) is 9.18 Å². The third kappa shape index (κ3) is 3.31. The van der Waals surface area contributed by atoms with E-state index in [-0.39, 0.29) is 17.8 Å². The number of halogens is 1. The maximum Gasteiger partial charge on any atom is 0.252 e. The summed E-state index contributed by atoms with van der Waals surface area (Å²) in [6.07, 6.45) is 2.97. The van der Waals surface area contributed by atoms with Crippen LogP contribution in [0.5, 0.6) is 0 Å². The van der Waals surface area contributed by atoms with Crippen molar-refractivity contribution < 1.29 is 9.18 Å². The van der Waals surface area contributed by atoms with Gasteiger partial charge in [0.05, 0.1) is 0 Å². The van der Waals surface area contributed by atoms with Gasteiger partial charge in [-0.2, -0.15) is 11.8 Å². The molecular formula is C16H18FNOS. The van der Waals surface area contributed by atoms with E-state index in [0.29, 0.717) is 16.3 Å². The molecule has 0 aliphatic carbocycles. The fourth-order valence-corrected chi connectivity index (χ4v) is 2.72. The molecule has 0 spiro atoms. The zero-order valence-electron chi connectivity index (χ0n) is 11.7. The molecule has 0 aliphatic rings. The van der Waals surface area contributed by atoms with E-state index in [1.165, 1.54) is 6.07 Å². The summed E-state index contributed by atoms with van der Waals surface area (Å²) in [7, 11) is 0. The molecule has 20 heavy (non-hydrogen) atoms. The van der Waals surface area contributed by atoms with Crippen LogP contribution in [0, 0.1) is 5.82 Å². The third-order valence-electron chi connectivity index (χ3n) is 3.25. The van der Waals surface area contributed by atoms with Gasteiger partial charge in [-0.15, -0.1) is 0 Å². The first-order chi connectivity index (χ1) is 9.63. The number of hydrogen-bond donors (Lipinski definition) is 1. The van der Waals surface area contributed by atoms with Crippen LogP contribution in [-0.2, 0) is 0 Å². The van der Waals surface area contributed by atoms with E-state index < -0.39 is 0 Å². The van der Waals surface area contributed by atoms with Gasteiger partial charge < -0.3 is 5.32 Å². The van der Waals surface area contributed by atoms with Gasteiger partial charge in [-0.1, -0.05) is 24.3 Å². The van der Waals surface area contributed by atoms with Crippen LogP contribution in [0.3, 0.4) is 0 Å². The molecule has 0 heterocycles. The van der Waals surface area contributed by atoms with Gasteiger partial charge in [0.1, 0.15) is 5.82 Å². The van der Waals surface area contributed by atoms with Crippen molar-refractivity contribution in [2.24, 2.45) is 0 Å². The van der Waals surface area contributed by atoms with Crippen molar-refractivity contribution >= 4 is 28.4 Å². The Kier molecular flexibility index (Phi) is 5.01. The van der Waals surface area contributed by atoms with Gasteiger partial charge in [0.15, 0.2) is 0 Å². The van der Waals surface area contributed by atoms with Crippen LogP contribution in [-0.4, -0.2) is 24.0 Å². The number of nitrogens with one attached hydrogen (secondary N) is 1. The second kappa shape index (κ2) is 6.75. The molecule has 0 bridgehead atoms. The number of thioether (sulfide) groups is 1. The molecular weight excluding hydrogens is 273 g/mol. The third-order valence-corrected chi connectivity index (χ3v) is 3.89. The van der Waals surface area contributed by atoms with E-state index in [2.05, 4.69) is 5.32 Å². The molecule has 0 saturated heterocycles. The molecule has 0 aliphatic heterocycles. The van der Waals surface area contributed by atoms with Gasteiger partial charge in [0.2, 0.25) is 0 Å². The Bertz CT molecular complexity index is 614. The minimum Gasteiger partial charge on any atom is -0.350 e. The van der Waals surface area contributed by atoms with Crippen LogP contribution in [0.2, 0.25) is 0 Å². The molecule has 1 N–H and O–H groups in total. The topological polar surface area (TPSA) is 29.1 Å². The molecule has 1 atom stereocenters. The molecule has 2 aromatic carbocycles. The molecule has 0 fully saturated rings. The number of fused-ring (bicyclic) bond motifs is 1. The number of benzene rings is 2. The lowest BCUT2D eigenvalue weighted by Crippen LogP contribution is -2.33. The maximum atomic E-state index is 13.7. The predicted octanol–water partition coefficient (Wildman–Crippen LogP) is 3.85. The van der Waals surface area contributed by atoms with E-state index in [1.807, 2.05) is 19.2 Å². The highest BCUT2D eigenvalue weighted by Gasteiger charge is 2.14. The zero-order valence-corrected chi connectivity index (χ0v) is 12.5. The minimum atomic E-state index is -0.299. The van der Waals surface area contributed by atoms with Gasteiger partial charge in [-0.25, -0.2) is 4.39 Å². The first-order valence-electron chi connectivity index (χ1n) is 6.60. The number of carbonyl (C=O) groups excluding carboxylic acids is 1. The Morgan fingerprint density at radius 3 is 2.65 bits per heavy atom. The normalized spacial score (nSPS) is 12.3. The van der Waals surface area contributed by atoms with Crippen LogP contribution < -0.4 is 5.32 Å². The van der Waals surface area contributed by atoms with E-state index in [1.54, 1.807) is 36.0 Å². The Morgan fingerprint density at radius 2 is 1.95 bits per heavy atom. The molecule has 106 valence electrons. The van der Waals surface area contributed by atoms with Gasteiger partial charge in [-0.05, 0) is 42.9 Å². The second-order valence-corrected chi connectivity index (χ2v) is 5.78. The molecule has 1 amide bonds. The van der Waals surface area contributed by atoms with Crippen molar-refractivity contribution in [3.63, 3.8) is 0 Å². The average Bonchev–Trinajstić information content (AvgIpc) is 2.45. The van der Waals surface area contributed by atoms with Crippen molar-refractivity contribution in [3.05, 3.63) is 47.8 Å². The van der Waals surface area contributed by atoms with Gasteiger partial charge in [0.25, 0.3) is 5.91 Å². The van der Waals surface area contributed by atoms with Crippen molar-refractivity contribution in [2.75, 3.05) is 12.0 Å². The van der Waals surface area contributed by atoms with Crippen LogP contribution in [0.15, 0.2) is 36.4 Å². The summed E-state index contributed by atoms with van der Waals surface area (Å²) in [6, 6.07) is 10.1. The van der Waals surface area contributed by atoms with Crippen molar-refractivity contribution in [1.82, 2.24) is 5.32 Å². The van der Waals surface area contributed by atoms with E-state index in [4.69, 9.17) is 0 Å². The standard InChI is InChI=1S/C16H18FNOS/c1-11(9-10-20-2)18-16(19)14-7-8-15(17)13-6-4-3-5-12(13)14/h3-8,11H,9-10H2,1-2H3,(H,18,19). The lowest BCUT2D eigenvalue weighted by Gasteiger charge is -2.14. The number of amides is 1. The van der Waals surface area contributed by atoms with Crippen LogP contribution in [0.1, 0.15) is 23.7 Å². The largest absolute Gasteiger partial charge is 0.350 e. The smallest absolute Gasteiger partial charge is 0.252 e. The van der Waals surface area contributed by atoms with E-state index in [0.717, 1.165) is 12.2 Å². The fourth-order valence-electron chi connectivity index (χ4n) is 2.13. The summed E-state index contributed by atoms with van der Waals surface area (Å²) in [5.74, 6) is 0.563. The molecule has 4 heteroatoms. The maximum absolute atomic E-state index is 13.7. The van der Waals surface area contributed by atoms with E-state index >= 15 is 0 Å². The lowest BCUT2D eigenvalue weighted by molar-refractivity contribution is 0.0941. The molecule has 0 aromatic heterocycles. The first kappa shape index (κ1) is 14.9. The van der Waals surface area contributed by atoms with Crippen molar-refractivity contribution in [2.45, 2.75) is 19.4 Å². The molecule has 1 unspecified atom stereocenters. The molecule has 2 aromatic rings. The summed E-state index contributed by atoms with van der Waals surface area (Å²) < 4.78 is 13.7. The first-order valence-corrected chi connectivity index (χ1v) is 8.00. The quantitative estimate of drug-likeness (QED) is 0.906. The van der Waals surface area contributed by atoms with Crippen molar-refractivity contribution in [1.29, 1.82) is 0 Å². The van der Waals surface area contributed by atoms with Gasteiger partial charge >= 0.3 is 0 Å². The SMILES string of the molecule is CSCCC(C)NC(=O)c1ccc(F)c2ccccc12. The predicted molar refractivity (Wildman–Crippen MR) is 83.8 cm³/mol. The van der Waals surface area contributed by atoms with Gasteiger partial charge in [0, 0.05) is 17.0 Å². The van der Waals surface area contributed by atoms with Crippen LogP contribution in [0.25, 0.3) is 10.8 Å². The summed E-state index contributed by atoms with van der Waals surface area (Å²) >= 11 is 1.76. The van der Waals surface area contributed by atoms with Crippen LogP contribution in [0.4, 0.5) is 4.39 Å². The molecule has 2 rings (SSSR count). The number of rotatable bonds is 5. The number of hydrogen-bond acceptors (Lipinski definition) is 2. The summed E-state index contributed by atoms with van der Waals surface area (Å²) in [4.78, 5) is 12.3. The monoisotopic (exact) mass is 291 g/mol. The van der Waals surface area contributed by atoms with Crippen molar-refractivity contribution in [3.8, 4) is 0 Å². The highest BCUT2D eigenvalue weighted by atomic mass is 32.2. The van der Waals surface area contributed by atoms with Gasteiger partial charge in [-0.3, -0.25) is 4.79 Å². The summed E-state index contributed by atoms with van der Waals surface area (Å²) in [6.45, 7) is 1.99. The molecule has 2 nitrogen and oxygen atoms in total. The lowest BCUT2D eigenvalue weighted by atomic mass is 10.0. The second-order valence-electron chi connectivity index (χ2n) is 4.80. The highest BCUT2D eigenvalue weighted by molar-refractivity contribution is 7.98. The average molecular weight is 291 g/mol. The van der Waals surface area contributed by atoms with Crippen LogP contribution >= 0.6 is 11.8 Å². The Labute approximate surface area is 122 Å². The molecule has 0 radical (unpaired) electrons.